The highest BCUT2D eigenvalue weighted by Gasteiger charge is 2.34. The van der Waals surface area contributed by atoms with Crippen LogP contribution in [0.25, 0.3) is 10.9 Å². The Kier molecular flexibility index (Phi) is 3.37. The van der Waals surface area contributed by atoms with Crippen LogP contribution in [0.15, 0.2) is 24.3 Å². The third-order valence-corrected chi connectivity index (χ3v) is 5.28. The number of rotatable bonds is 3. The summed E-state index contributed by atoms with van der Waals surface area (Å²) in [6, 6.07) is 9.35. The maximum atomic E-state index is 3.81. The molecule has 0 radical (unpaired) electrons. The fraction of sp³-hybridized carbons (Fsp3) is 0.556. The minimum Gasteiger partial charge on any atom is -0.346 e. The zero-order chi connectivity index (χ0) is 14.3. The Labute approximate surface area is 122 Å². The van der Waals surface area contributed by atoms with Gasteiger partial charge in [0, 0.05) is 36.2 Å². The molecular formula is C18H26N2. The van der Waals surface area contributed by atoms with Crippen LogP contribution >= 0.6 is 0 Å². The number of aryl methyl sites for hydroxylation is 2. The molecule has 1 aromatic heterocycles. The molecule has 1 atom stereocenters. The standard InChI is InChI=1S/C18H26N2/c1-13-14-8-5-6-9-15(14)20(4)16(13)12-19-17-10-7-11-18(17,2)3/h5-6,8-9,17,19H,7,10-12H2,1-4H3. The maximum absolute atomic E-state index is 3.81. The van der Waals surface area contributed by atoms with Gasteiger partial charge in [-0.2, -0.15) is 0 Å². The van der Waals surface area contributed by atoms with E-state index < -0.39 is 0 Å². The summed E-state index contributed by atoms with van der Waals surface area (Å²) in [5, 5.41) is 5.20. The molecule has 0 spiro atoms. The first-order valence-electron chi connectivity index (χ1n) is 7.77. The van der Waals surface area contributed by atoms with E-state index in [1.54, 1.807) is 0 Å². The zero-order valence-electron chi connectivity index (χ0n) is 13.2. The van der Waals surface area contributed by atoms with Crippen LogP contribution in [-0.2, 0) is 13.6 Å². The summed E-state index contributed by atoms with van der Waals surface area (Å²) in [7, 11) is 2.19. The van der Waals surface area contributed by atoms with Gasteiger partial charge in [-0.05, 0) is 36.8 Å². The lowest BCUT2D eigenvalue weighted by Crippen LogP contribution is -2.37. The predicted molar refractivity (Wildman–Crippen MR) is 85.9 cm³/mol. The van der Waals surface area contributed by atoms with Gasteiger partial charge in [-0.1, -0.05) is 38.5 Å². The van der Waals surface area contributed by atoms with Gasteiger partial charge in [-0.25, -0.2) is 0 Å². The lowest BCUT2D eigenvalue weighted by molar-refractivity contribution is 0.281. The first-order chi connectivity index (χ1) is 9.50. The van der Waals surface area contributed by atoms with Gasteiger partial charge in [0.1, 0.15) is 0 Å². The number of fused-ring (bicyclic) bond motifs is 1. The Hall–Kier alpha value is -1.28. The molecule has 20 heavy (non-hydrogen) atoms. The van der Waals surface area contributed by atoms with E-state index in [1.807, 2.05) is 0 Å². The van der Waals surface area contributed by atoms with E-state index in [0.29, 0.717) is 11.5 Å². The van der Waals surface area contributed by atoms with E-state index in [2.05, 4.69) is 62.0 Å². The Morgan fingerprint density at radius 3 is 2.70 bits per heavy atom. The summed E-state index contributed by atoms with van der Waals surface area (Å²) in [6.45, 7) is 8.02. The van der Waals surface area contributed by atoms with E-state index in [9.17, 15) is 0 Å². The van der Waals surface area contributed by atoms with E-state index >= 15 is 0 Å². The molecule has 1 N–H and O–H groups in total. The number of hydrogen-bond donors (Lipinski definition) is 1. The van der Waals surface area contributed by atoms with Crippen molar-refractivity contribution in [3.63, 3.8) is 0 Å². The summed E-state index contributed by atoms with van der Waals surface area (Å²) >= 11 is 0. The van der Waals surface area contributed by atoms with Gasteiger partial charge < -0.3 is 9.88 Å². The molecule has 2 heteroatoms. The number of nitrogens with zero attached hydrogens (tertiary/aromatic N) is 1. The smallest absolute Gasteiger partial charge is 0.0483 e. The van der Waals surface area contributed by atoms with Crippen molar-refractivity contribution in [2.75, 3.05) is 0 Å². The molecule has 3 rings (SSSR count). The first-order valence-corrected chi connectivity index (χ1v) is 7.77. The van der Waals surface area contributed by atoms with Crippen molar-refractivity contribution in [3.05, 3.63) is 35.5 Å². The highest BCUT2D eigenvalue weighted by atomic mass is 15.0. The number of benzene rings is 1. The second-order valence-electron chi connectivity index (χ2n) is 6.96. The van der Waals surface area contributed by atoms with Crippen molar-refractivity contribution < 1.29 is 0 Å². The summed E-state index contributed by atoms with van der Waals surface area (Å²) in [4.78, 5) is 0. The average Bonchev–Trinajstić information content (AvgIpc) is 2.88. The molecule has 1 saturated carbocycles. The second-order valence-corrected chi connectivity index (χ2v) is 6.96. The highest BCUT2D eigenvalue weighted by molar-refractivity contribution is 5.85. The van der Waals surface area contributed by atoms with E-state index in [4.69, 9.17) is 0 Å². The molecule has 0 aliphatic heterocycles. The van der Waals surface area contributed by atoms with Crippen molar-refractivity contribution in [1.29, 1.82) is 0 Å². The predicted octanol–water partition coefficient (Wildman–Crippen LogP) is 4.16. The zero-order valence-corrected chi connectivity index (χ0v) is 13.2. The molecular weight excluding hydrogens is 244 g/mol. The van der Waals surface area contributed by atoms with Crippen LogP contribution in [0.1, 0.15) is 44.4 Å². The number of para-hydroxylation sites is 1. The largest absolute Gasteiger partial charge is 0.346 e. The summed E-state index contributed by atoms with van der Waals surface area (Å²) in [6.07, 6.45) is 4.02. The third kappa shape index (κ3) is 2.16. The molecule has 2 nitrogen and oxygen atoms in total. The molecule has 1 aliphatic carbocycles. The van der Waals surface area contributed by atoms with Crippen LogP contribution in [0.2, 0.25) is 0 Å². The van der Waals surface area contributed by atoms with Crippen molar-refractivity contribution in [2.45, 2.75) is 52.6 Å². The van der Waals surface area contributed by atoms with Crippen molar-refractivity contribution in [1.82, 2.24) is 9.88 Å². The van der Waals surface area contributed by atoms with Gasteiger partial charge in [-0.15, -0.1) is 0 Å². The summed E-state index contributed by atoms with van der Waals surface area (Å²) in [5.74, 6) is 0. The molecule has 1 aliphatic rings. The minimum atomic E-state index is 0.443. The van der Waals surface area contributed by atoms with Crippen LogP contribution in [-0.4, -0.2) is 10.6 Å². The lowest BCUT2D eigenvalue weighted by atomic mass is 9.87. The summed E-state index contributed by atoms with van der Waals surface area (Å²) in [5.41, 5.74) is 4.63. The number of aromatic nitrogens is 1. The van der Waals surface area contributed by atoms with Crippen molar-refractivity contribution >= 4 is 10.9 Å². The Balaban J connectivity index is 1.85. The molecule has 0 amide bonds. The first kappa shape index (κ1) is 13.7. The normalized spacial score (nSPS) is 21.7. The van der Waals surface area contributed by atoms with E-state index in [-0.39, 0.29) is 0 Å². The fourth-order valence-corrected chi connectivity index (χ4v) is 3.81. The SMILES string of the molecule is Cc1c(CNC2CCCC2(C)C)n(C)c2ccccc12. The number of nitrogens with one attached hydrogen (secondary N) is 1. The molecule has 0 bridgehead atoms. The van der Waals surface area contributed by atoms with Gasteiger partial charge in [0.25, 0.3) is 0 Å². The van der Waals surface area contributed by atoms with Gasteiger partial charge in [-0.3, -0.25) is 0 Å². The number of hydrogen-bond acceptors (Lipinski definition) is 1. The van der Waals surface area contributed by atoms with Gasteiger partial charge >= 0.3 is 0 Å². The van der Waals surface area contributed by atoms with E-state index in [0.717, 1.165) is 6.54 Å². The molecule has 1 heterocycles. The van der Waals surface area contributed by atoms with Gasteiger partial charge in [0.15, 0.2) is 0 Å². The van der Waals surface area contributed by atoms with Gasteiger partial charge in [0.05, 0.1) is 0 Å². The highest BCUT2D eigenvalue weighted by Crippen LogP contribution is 2.37. The topological polar surface area (TPSA) is 17.0 Å². The van der Waals surface area contributed by atoms with Gasteiger partial charge in [0.2, 0.25) is 0 Å². The van der Waals surface area contributed by atoms with Crippen LogP contribution in [0.5, 0.6) is 0 Å². The van der Waals surface area contributed by atoms with Crippen LogP contribution in [0, 0.1) is 12.3 Å². The quantitative estimate of drug-likeness (QED) is 0.886. The van der Waals surface area contributed by atoms with Crippen LogP contribution < -0.4 is 5.32 Å². The van der Waals surface area contributed by atoms with Crippen LogP contribution in [0.4, 0.5) is 0 Å². The molecule has 2 aromatic rings. The minimum absolute atomic E-state index is 0.443. The van der Waals surface area contributed by atoms with Crippen molar-refractivity contribution in [2.24, 2.45) is 12.5 Å². The lowest BCUT2D eigenvalue weighted by Gasteiger charge is -2.28. The Morgan fingerprint density at radius 2 is 2.05 bits per heavy atom. The average molecular weight is 270 g/mol. The van der Waals surface area contributed by atoms with E-state index in [1.165, 1.54) is 41.4 Å². The Bertz CT molecular complexity index is 583. The second kappa shape index (κ2) is 4.92. The molecule has 1 aromatic carbocycles. The molecule has 108 valence electrons. The maximum Gasteiger partial charge on any atom is 0.0483 e. The monoisotopic (exact) mass is 270 g/mol. The Morgan fingerprint density at radius 1 is 1.30 bits per heavy atom. The molecule has 0 saturated heterocycles. The van der Waals surface area contributed by atoms with Crippen LogP contribution in [0.3, 0.4) is 0 Å². The summed E-state index contributed by atoms with van der Waals surface area (Å²) < 4.78 is 2.35. The molecule has 1 fully saturated rings. The van der Waals surface area contributed by atoms with Crippen molar-refractivity contribution in [3.8, 4) is 0 Å². The third-order valence-electron chi connectivity index (χ3n) is 5.28. The molecule has 1 unspecified atom stereocenters. The fourth-order valence-electron chi connectivity index (χ4n) is 3.81.